The summed E-state index contributed by atoms with van der Waals surface area (Å²) in [7, 11) is 0. The number of H-pyrrole nitrogens is 1. The summed E-state index contributed by atoms with van der Waals surface area (Å²) >= 11 is 0. The third kappa shape index (κ3) is 1.76. The monoisotopic (exact) mass is 214 g/mol. The van der Waals surface area contributed by atoms with Gasteiger partial charge in [-0.05, 0) is 31.9 Å². The Morgan fingerprint density at radius 3 is 2.44 bits per heavy atom. The number of nitrogens with one attached hydrogen (secondary N) is 1. The fourth-order valence-electron chi connectivity index (χ4n) is 1.90. The summed E-state index contributed by atoms with van der Waals surface area (Å²) < 4.78 is 0. The van der Waals surface area contributed by atoms with Crippen LogP contribution in [0.25, 0.3) is 11.1 Å². The highest BCUT2D eigenvalue weighted by Gasteiger charge is 2.10. The zero-order chi connectivity index (χ0) is 11.7. The van der Waals surface area contributed by atoms with E-state index >= 15 is 0 Å². The van der Waals surface area contributed by atoms with Gasteiger partial charge in [0.25, 0.3) is 5.56 Å². The van der Waals surface area contributed by atoms with Gasteiger partial charge in [-0.2, -0.15) is 0 Å². The molecule has 0 aliphatic rings. The van der Waals surface area contributed by atoms with Crippen molar-refractivity contribution in [1.82, 2.24) is 9.97 Å². The number of benzene rings is 1. The quantitative estimate of drug-likeness (QED) is 0.792. The van der Waals surface area contributed by atoms with Gasteiger partial charge >= 0.3 is 0 Å². The highest BCUT2D eigenvalue weighted by molar-refractivity contribution is 5.68. The first kappa shape index (κ1) is 10.6. The van der Waals surface area contributed by atoms with E-state index in [2.05, 4.69) is 9.97 Å². The van der Waals surface area contributed by atoms with E-state index in [1.54, 1.807) is 6.92 Å². The first-order valence-corrected chi connectivity index (χ1v) is 5.23. The third-order valence-electron chi connectivity index (χ3n) is 2.63. The third-order valence-corrected chi connectivity index (χ3v) is 2.63. The van der Waals surface area contributed by atoms with Crippen LogP contribution < -0.4 is 5.56 Å². The van der Waals surface area contributed by atoms with Crippen molar-refractivity contribution in [3.8, 4) is 11.1 Å². The molecule has 0 saturated heterocycles. The fraction of sp³-hybridized carbons (Fsp3) is 0.231. The van der Waals surface area contributed by atoms with E-state index in [1.807, 2.05) is 38.1 Å². The maximum absolute atomic E-state index is 11.9. The summed E-state index contributed by atoms with van der Waals surface area (Å²) in [6, 6.07) is 7.84. The number of nitrogens with zero attached hydrogens (tertiary/aromatic N) is 1. The topological polar surface area (TPSA) is 45.8 Å². The van der Waals surface area contributed by atoms with Crippen molar-refractivity contribution in [3.05, 3.63) is 51.7 Å². The van der Waals surface area contributed by atoms with Crippen LogP contribution in [-0.2, 0) is 0 Å². The van der Waals surface area contributed by atoms with Crippen molar-refractivity contribution >= 4 is 0 Å². The van der Waals surface area contributed by atoms with Crippen molar-refractivity contribution in [3.63, 3.8) is 0 Å². The van der Waals surface area contributed by atoms with Gasteiger partial charge in [0.2, 0.25) is 0 Å². The molecule has 82 valence electrons. The molecular weight excluding hydrogens is 200 g/mol. The van der Waals surface area contributed by atoms with Crippen LogP contribution in [0, 0.1) is 20.8 Å². The highest BCUT2D eigenvalue weighted by Crippen LogP contribution is 2.21. The highest BCUT2D eigenvalue weighted by atomic mass is 16.1. The van der Waals surface area contributed by atoms with Crippen molar-refractivity contribution in [2.75, 3.05) is 0 Å². The van der Waals surface area contributed by atoms with E-state index in [-0.39, 0.29) is 5.56 Å². The lowest BCUT2D eigenvalue weighted by molar-refractivity contribution is 0.985. The first-order chi connectivity index (χ1) is 7.59. The summed E-state index contributed by atoms with van der Waals surface area (Å²) in [5.74, 6) is 0.653. The van der Waals surface area contributed by atoms with Gasteiger partial charge in [-0.3, -0.25) is 4.79 Å². The molecule has 1 aromatic carbocycles. The molecule has 2 aromatic rings. The Morgan fingerprint density at radius 2 is 1.81 bits per heavy atom. The van der Waals surface area contributed by atoms with E-state index < -0.39 is 0 Å². The second-order valence-corrected chi connectivity index (χ2v) is 3.93. The van der Waals surface area contributed by atoms with Crippen LogP contribution in [-0.4, -0.2) is 9.97 Å². The molecule has 3 nitrogen and oxygen atoms in total. The Hall–Kier alpha value is -1.90. The molecular formula is C13H14N2O. The molecule has 0 radical (unpaired) electrons. The molecule has 0 aliphatic heterocycles. The number of hydrogen-bond donors (Lipinski definition) is 1. The molecule has 0 spiro atoms. The van der Waals surface area contributed by atoms with E-state index in [4.69, 9.17) is 0 Å². The molecule has 16 heavy (non-hydrogen) atoms. The van der Waals surface area contributed by atoms with Crippen LogP contribution in [0.1, 0.15) is 17.1 Å². The minimum absolute atomic E-state index is 0.0701. The molecule has 1 N–H and O–H groups in total. The van der Waals surface area contributed by atoms with Crippen molar-refractivity contribution in [1.29, 1.82) is 0 Å². The smallest absolute Gasteiger partial charge is 0.259 e. The summed E-state index contributed by atoms with van der Waals surface area (Å²) in [5.41, 5.74) is 3.41. The predicted molar refractivity (Wildman–Crippen MR) is 64.5 cm³/mol. The van der Waals surface area contributed by atoms with Crippen LogP contribution in [0.4, 0.5) is 0 Å². The van der Waals surface area contributed by atoms with Gasteiger partial charge in [0.1, 0.15) is 5.82 Å². The number of aryl methyl sites for hydroxylation is 3. The van der Waals surface area contributed by atoms with Crippen LogP contribution in [0.3, 0.4) is 0 Å². The van der Waals surface area contributed by atoms with E-state index in [0.717, 1.165) is 16.8 Å². The van der Waals surface area contributed by atoms with E-state index in [9.17, 15) is 4.79 Å². The molecule has 0 unspecified atom stereocenters. The molecule has 2 rings (SSSR count). The van der Waals surface area contributed by atoms with Crippen molar-refractivity contribution in [2.45, 2.75) is 20.8 Å². The summed E-state index contributed by atoms with van der Waals surface area (Å²) in [4.78, 5) is 19.0. The van der Waals surface area contributed by atoms with Gasteiger partial charge < -0.3 is 4.98 Å². The minimum Gasteiger partial charge on any atom is -0.310 e. The fourth-order valence-corrected chi connectivity index (χ4v) is 1.90. The lowest BCUT2D eigenvalue weighted by Crippen LogP contribution is -2.14. The van der Waals surface area contributed by atoms with Crippen molar-refractivity contribution < 1.29 is 0 Å². The standard InChI is InChI=1S/C13H14N2O/c1-8-6-4-5-7-11(8)12-9(2)14-10(3)15-13(12)16/h4-7H,1-3H3,(H,14,15,16). The Kier molecular flexibility index (Phi) is 2.60. The Morgan fingerprint density at radius 1 is 1.12 bits per heavy atom. The number of hydrogen-bond acceptors (Lipinski definition) is 2. The van der Waals surface area contributed by atoms with Gasteiger partial charge in [0.05, 0.1) is 11.3 Å². The van der Waals surface area contributed by atoms with Crippen LogP contribution in [0.15, 0.2) is 29.1 Å². The maximum atomic E-state index is 11.9. The first-order valence-electron chi connectivity index (χ1n) is 5.23. The second-order valence-electron chi connectivity index (χ2n) is 3.93. The molecule has 3 heteroatoms. The minimum atomic E-state index is -0.0701. The van der Waals surface area contributed by atoms with E-state index in [1.165, 1.54) is 0 Å². The summed E-state index contributed by atoms with van der Waals surface area (Å²) in [6.45, 7) is 5.65. The number of aromatic amines is 1. The lowest BCUT2D eigenvalue weighted by Gasteiger charge is -2.07. The molecule has 0 atom stereocenters. The van der Waals surface area contributed by atoms with Gasteiger partial charge in [-0.15, -0.1) is 0 Å². The summed E-state index contributed by atoms with van der Waals surface area (Å²) in [5, 5.41) is 0. The van der Waals surface area contributed by atoms with Gasteiger partial charge in [-0.25, -0.2) is 4.98 Å². The second kappa shape index (κ2) is 3.93. The Bertz CT molecular complexity index is 585. The van der Waals surface area contributed by atoms with E-state index in [0.29, 0.717) is 11.4 Å². The van der Waals surface area contributed by atoms with Crippen LogP contribution in [0.2, 0.25) is 0 Å². The average molecular weight is 214 g/mol. The van der Waals surface area contributed by atoms with Crippen LogP contribution >= 0.6 is 0 Å². The van der Waals surface area contributed by atoms with Crippen LogP contribution in [0.5, 0.6) is 0 Å². The molecule has 0 amide bonds. The number of aromatic nitrogens is 2. The zero-order valence-electron chi connectivity index (χ0n) is 9.66. The Labute approximate surface area is 94.2 Å². The molecule has 1 heterocycles. The summed E-state index contributed by atoms with van der Waals surface area (Å²) in [6.07, 6.45) is 0. The maximum Gasteiger partial charge on any atom is 0.259 e. The molecule has 0 fully saturated rings. The SMILES string of the molecule is Cc1nc(C)c(-c2ccccc2C)c(=O)[nH]1. The normalized spacial score (nSPS) is 10.4. The largest absolute Gasteiger partial charge is 0.310 e. The van der Waals surface area contributed by atoms with Crippen molar-refractivity contribution in [2.24, 2.45) is 0 Å². The molecule has 0 aliphatic carbocycles. The molecule has 0 bridgehead atoms. The van der Waals surface area contributed by atoms with Gasteiger partial charge in [0.15, 0.2) is 0 Å². The zero-order valence-corrected chi connectivity index (χ0v) is 9.66. The van der Waals surface area contributed by atoms with Gasteiger partial charge in [-0.1, -0.05) is 24.3 Å². The lowest BCUT2D eigenvalue weighted by atomic mass is 10.0. The van der Waals surface area contributed by atoms with Gasteiger partial charge in [0, 0.05) is 0 Å². The average Bonchev–Trinajstić information content (AvgIpc) is 2.19. The Balaban J connectivity index is 2.75. The predicted octanol–water partition coefficient (Wildman–Crippen LogP) is 2.36. The molecule has 1 aromatic heterocycles. The molecule has 0 saturated carbocycles. The number of rotatable bonds is 1.